The third-order valence-electron chi connectivity index (χ3n) is 3.30. The molecule has 1 aliphatic carbocycles. The molecule has 2 aromatic carbocycles. The zero-order chi connectivity index (χ0) is 12.7. The van der Waals surface area contributed by atoms with Crippen molar-refractivity contribution in [2.24, 2.45) is 0 Å². The molecule has 2 aromatic rings. The van der Waals surface area contributed by atoms with E-state index < -0.39 is 0 Å². The van der Waals surface area contributed by atoms with Crippen LogP contribution < -0.4 is 0 Å². The molecule has 2 unspecified atom stereocenters. The molecular formula is C15H10Br2O. The zero-order valence-corrected chi connectivity index (χ0v) is 12.6. The summed E-state index contributed by atoms with van der Waals surface area (Å²) >= 11 is 6.82. The van der Waals surface area contributed by atoms with Crippen LogP contribution in [0.1, 0.15) is 23.0 Å². The largest absolute Gasteiger partial charge is 0.298 e. The highest BCUT2D eigenvalue weighted by molar-refractivity contribution is 9.10. The Morgan fingerprint density at radius 2 is 1.00 bits per heavy atom. The first kappa shape index (κ1) is 12.1. The Morgan fingerprint density at radius 3 is 1.33 bits per heavy atom. The van der Waals surface area contributed by atoms with E-state index in [2.05, 4.69) is 31.9 Å². The van der Waals surface area contributed by atoms with Crippen molar-refractivity contribution in [1.29, 1.82) is 0 Å². The minimum absolute atomic E-state index is 0.0410. The van der Waals surface area contributed by atoms with Crippen LogP contribution in [0.25, 0.3) is 0 Å². The smallest absolute Gasteiger partial charge is 0.149 e. The van der Waals surface area contributed by atoms with Gasteiger partial charge < -0.3 is 0 Å². The van der Waals surface area contributed by atoms with Crippen molar-refractivity contribution in [1.82, 2.24) is 0 Å². The van der Waals surface area contributed by atoms with Crippen LogP contribution in [0.15, 0.2) is 57.5 Å². The van der Waals surface area contributed by atoms with Crippen LogP contribution in [0, 0.1) is 0 Å². The Hall–Kier alpha value is -0.930. The van der Waals surface area contributed by atoms with Gasteiger partial charge in [0.2, 0.25) is 0 Å². The number of carbonyl (C=O) groups is 1. The van der Waals surface area contributed by atoms with Crippen LogP contribution in [-0.4, -0.2) is 5.78 Å². The van der Waals surface area contributed by atoms with E-state index in [1.54, 1.807) is 0 Å². The molecule has 0 aliphatic heterocycles. The highest BCUT2D eigenvalue weighted by Gasteiger charge is 2.50. The third-order valence-corrected chi connectivity index (χ3v) is 4.35. The van der Waals surface area contributed by atoms with Crippen molar-refractivity contribution in [2.75, 3.05) is 0 Å². The van der Waals surface area contributed by atoms with Gasteiger partial charge in [-0.2, -0.15) is 0 Å². The Kier molecular flexibility index (Phi) is 3.12. The molecule has 1 saturated carbocycles. The van der Waals surface area contributed by atoms with Crippen LogP contribution in [0.3, 0.4) is 0 Å². The molecule has 90 valence electrons. The van der Waals surface area contributed by atoms with Crippen molar-refractivity contribution in [3.05, 3.63) is 68.6 Å². The third kappa shape index (κ3) is 2.17. The monoisotopic (exact) mass is 364 g/mol. The second-order valence-corrected chi connectivity index (χ2v) is 6.29. The maximum absolute atomic E-state index is 12.0. The second kappa shape index (κ2) is 4.63. The average Bonchev–Trinajstić information content (AvgIpc) is 3.03. The lowest BCUT2D eigenvalue weighted by molar-refractivity contribution is -0.110. The van der Waals surface area contributed by atoms with E-state index in [1.807, 2.05) is 48.5 Å². The fourth-order valence-electron chi connectivity index (χ4n) is 2.29. The lowest BCUT2D eigenvalue weighted by atomic mass is 10.0. The van der Waals surface area contributed by atoms with Gasteiger partial charge in [-0.3, -0.25) is 4.79 Å². The number of hydrogen-bond acceptors (Lipinski definition) is 1. The fourth-order valence-corrected chi connectivity index (χ4v) is 2.82. The molecule has 3 heteroatoms. The standard InChI is InChI=1S/C15H10Br2O/c16-11-5-1-9(2-6-11)13-14(15(13)18)10-3-7-12(17)8-4-10/h1-8,13-14H. The van der Waals surface area contributed by atoms with E-state index in [9.17, 15) is 4.79 Å². The van der Waals surface area contributed by atoms with Gasteiger partial charge in [0.1, 0.15) is 5.78 Å². The molecule has 0 bridgehead atoms. The molecule has 3 rings (SSSR count). The van der Waals surface area contributed by atoms with Gasteiger partial charge in [-0.15, -0.1) is 0 Å². The Balaban J connectivity index is 1.87. The molecular weight excluding hydrogens is 356 g/mol. The van der Waals surface area contributed by atoms with Crippen LogP contribution >= 0.6 is 31.9 Å². The molecule has 0 amide bonds. The number of ketones is 1. The summed E-state index contributed by atoms with van der Waals surface area (Å²) in [6.45, 7) is 0. The lowest BCUT2D eigenvalue weighted by Gasteiger charge is -2.00. The highest BCUT2D eigenvalue weighted by atomic mass is 79.9. The lowest BCUT2D eigenvalue weighted by Crippen LogP contribution is -1.84. The first-order valence-corrected chi connectivity index (χ1v) is 7.30. The van der Waals surface area contributed by atoms with Crippen molar-refractivity contribution >= 4 is 37.6 Å². The summed E-state index contributed by atoms with van der Waals surface area (Å²) < 4.78 is 2.08. The van der Waals surface area contributed by atoms with Crippen molar-refractivity contribution in [3.63, 3.8) is 0 Å². The topological polar surface area (TPSA) is 17.1 Å². The zero-order valence-electron chi connectivity index (χ0n) is 9.44. The SMILES string of the molecule is O=C1C(c2ccc(Br)cc2)C1c1ccc(Br)cc1. The van der Waals surface area contributed by atoms with Crippen LogP contribution in [-0.2, 0) is 4.79 Å². The summed E-state index contributed by atoms with van der Waals surface area (Å²) in [5.41, 5.74) is 2.22. The molecule has 0 saturated heterocycles. The molecule has 18 heavy (non-hydrogen) atoms. The van der Waals surface area contributed by atoms with Crippen LogP contribution in [0.5, 0.6) is 0 Å². The number of rotatable bonds is 2. The number of Topliss-reactive ketones (excluding diaryl/α,β-unsaturated/α-hetero) is 1. The first-order chi connectivity index (χ1) is 8.66. The average molecular weight is 366 g/mol. The molecule has 0 aromatic heterocycles. The van der Waals surface area contributed by atoms with Gasteiger partial charge in [0, 0.05) is 8.95 Å². The van der Waals surface area contributed by atoms with Gasteiger partial charge in [-0.25, -0.2) is 0 Å². The highest BCUT2D eigenvalue weighted by Crippen LogP contribution is 2.50. The summed E-state index contributed by atoms with van der Waals surface area (Å²) in [5, 5.41) is 0. The van der Waals surface area contributed by atoms with Crippen molar-refractivity contribution in [2.45, 2.75) is 11.8 Å². The van der Waals surface area contributed by atoms with Gasteiger partial charge in [-0.1, -0.05) is 56.1 Å². The molecule has 1 nitrogen and oxygen atoms in total. The molecule has 0 heterocycles. The van der Waals surface area contributed by atoms with E-state index in [0.29, 0.717) is 5.78 Å². The van der Waals surface area contributed by atoms with E-state index in [4.69, 9.17) is 0 Å². The minimum Gasteiger partial charge on any atom is -0.298 e. The second-order valence-electron chi connectivity index (χ2n) is 4.46. The molecule has 0 spiro atoms. The Morgan fingerprint density at radius 1 is 0.667 bits per heavy atom. The number of hydrogen-bond donors (Lipinski definition) is 0. The Labute approximate surface area is 122 Å². The van der Waals surface area contributed by atoms with Crippen LogP contribution in [0.4, 0.5) is 0 Å². The summed E-state index contributed by atoms with van der Waals surface area (Å²) in [6.07, 6.45) is 0. The fraction of sp³-hybridized carbons (Fsp3) is 0.133. The summed E-state index contributed by atoms with van der Waals surface area (Å²) in [7, 11) is 0. The summed E-state index contributed by atoms with van der Waals surface area (Å²) in [5.74, 6) is 0.401. The van der Waals surface area contributed by atoms with Gasteiger partial charge in [-0.05, 0) is 35.4 Å². The Bertz CT molecular complexity index is 533. The molecule has 1 fully saturated rings. The summed E-state index contributed by atoms with van der Waals surface area (Å²) in [6, 6.07) is 16.0. The maximum atomic E-state index is 12.0. The van der Waals surface area contributed by atoms with Gasteiger partial charge >= 0.3 is 0 Å². The van der Waals surface area contributed by atoms with Gasteiger partial charge in [0.25, 0.3) is 0 Å². The van der Waals surface area contributed by atoms with Gasteiger partial charge in [0.05, 0.1) is 11.8 Å². The normalized spacial score (nSPS) is 22.0. The molecule has 2 atom stereocenters. The summed E-state index contributed by atoms with van der Waals surface area (Å²) in [4.78, 5) is 12.0. The molecule has 0 N–H and O–H groups in total. The number of benzene rings is 2. The quantitative estimate of drug-likeness (QED) is 0.756. The van der Waals surface area contributed by atoms with Crippen molar-refractivity contribution in [3.8, 4) is 0 Å². The van der Waals surface area contributed by atoms with Crippen LogP contribution in [0.2, 0.25) is 0 Å². The predicted molar refractivity (Wildman–Crippen MR) is 78.8 cm³/mol. The number of carbonyl (C=O) groups excluding carboxylic acids is 1. The molecule has 1 aliphatic rings. The van der Waals surface area contributed by atoms with E-state index >= 15 is 0 Å². The minimum atomic E-state index is 0.0410. The van der Waals surface area contributed by atoms with Gasteiger partial charge in [0.15, 0.2) is 0 Å². The predicted octanol–water partition coefficient (Wildman–Crippen LogP) is 4.66. The van der Waals surface area contributed by atoms with E-state index in [1.165, 1.54) is 0 Å². The molecule has 0 radical (unpaired) electrons. The first-order valence-electron chi connectivity index (χ1n) is 5.71. The van der Waals surface area contributed by atoms with E-state index in [0.717, 1.165) is 20.1 Å². The maximum Gasteiger partial charge on any atom is 0.149 e. The van der Waals surface area contributed by atoms with Crippen molar-refractivity contribution < 1.29 is 4.79 Å². The number of halogens is 2. The van der Waals surface area contributed by atoms with E-state index in [-0.39, 0.29) is 11.8 Å².